The molecule has 0 radical (unpaired) electrons. The van der Waals surface area contributed by atoms with Crippen LogP contribution in [0.15, 0.2) is 205 Å². The summed E-state index contributed by atoms with van der Waals surface area (Å²) >= 11 is 0. The third-order valence-corrected chi connectivity index (χ3v) is 11.3. The van der Waals surface area contributed by atoms with Crippen molar-refractivity contribution in [3.05, 3.63) is 200 Å². The minimum atomic E-state index is 0.548. The Morgan fingerprint density at radius 2 is 0.742 bits per heavy atom. The molecule has 0 unspecified atom stereocenters. The van der Waals surface area contributed by atoms with E-state index in [4.69, 9.17) is 34.3 Å². The lowest BCUT2D eigenvalue weighted by Gasteiger charge is -2.11. The second-order valence-corrected chi connectivity index (χ2v) is 15.1. The van der Waals surface area contributed by atoms with E-state index in [0.29, 0.717) is 34.9 Å². The highest BCUT2D eigenvalue weighted by molar-refractivity contribution is 6.13. The monoisotopic (exact) mass is 795 g/mol. The van der Waals surface area contributed by atoms with Gasteiger partial charge >= 0.3 is 0 Å². The van der Waals surface area contributed by atoms with E-state index in [0.717, 1.165) is 72.0 Å². The molecule has 0 aliphatic rings. The minimum absolute atomic E-state index is 0.548. The van der Waals surface area contributed by atoms with Crippen LogP contribution in [0.4, 0.5) is 0 Å². The van der Waals surface area contributed by atoms with Crippen molar-refractivity contribution < 1.29 is 4.42 Å². The van der Waals surface area contributed by atoms with Crippen LogP contribution in [0.3, 0.4) is 0 Å². The predicted molar refractivity (Wildman–Crippen MR) is 247 cm³/mol. The van der Waals surface area contributed by atoms with Crippen molar-refractivity contribution in [1.29, 1.82) is 0 Å². The summed E-state index contributed by atoms with van der Waals surface area (Å²) in [5.41, 5.74) is 10.1. The van der Waals surface area contributed by atoms with E-state index in [2.05, 4.69) is 83.4 Å². The predicted octanol–water partition coefficient (Wildman–Crippen LogP) is 13.1. The number of hydrogen-bond donors (Lipinski definition) is 0. The van der Waals surface area contributed by atoms with E-state index in [1.807, 2.05) is 121 Å². The smallest absolute Gasteiger partial charge is 0.164 e. The van der Waals surface area contributed by atoms with Gasteiger partial charge in [0.15, 0.2) is 34.9 Å². The molecule has 0 aliphatic carbocycles. The summed E-state index contributed by atoms with van der Waals surface area (Å²) in [6, 6.07) is 67.6. The van der Waals surface area contributed by atoms with Crippen LogP contribution < -0.4 is 0 Å². The van der Waals surface area contributed by atoms with Crippen molar-refractivity contribution in [2.45, 2.75) is 0 Å². The van der Waals surface area contributed by atoms with E-state index in [1.54, 1.807) is 0 Å². The Kier molecular flexibility index (Phi) is 8.31. The third-order valence-electron chi connectivity index (χ3n) is 11.3. The van der Waals surface area contributed by atoms with E-state index < -0.39 is 0 Å². The first kappa shape index (κ1) is 35.3. The average Bonchev–Trinajstić information content (AvgIpc) is 3.90. The number of aromatic nitrogens is 7. The Morgan fingerprint density at radius 3 is 1.27 bits per heavy atom. The van der Waals surface area contributed by atoms with Crippen LogP contribution in [0.2, 0.25) is 0 Å². The van der Waals surface area contributed by atoms with E-state index in [9.17, 15) is 0 Å². The SMILES string of the molecule is c1ccc(-c2nc(-c3ccc(-n4c5ccccc5c5ccccc54)cc3)nc(-c3ccc4oc5cccc(-c6nc(-c7ccccc7)nc(-c7ccccc7)n6)c5c4c3)n2)cc1. The van der Waals surface area contributed by atoms with Gasteiger partial charge in [-0.25, -0.2) is 29.9 Å². The number of furan rings is 1. The molecule has 8 heteroatoms. The zero-order valence-corrected chi connectivity index (χ0v) is 33.1. The summed E-state index contributed by atoms with van der Waals surface area (Å²) in [5.74, 6) is 3.44. The highest BCUT2D eigenvalue weighted by Crippen LogP contribution is 2.39. The van der Waals surface area contributed by atoms with Crippen LogP contribution in [0, 0.1) is 0 Å². The molecule has 290 valence electrons. The average molecular weight is 796 g/mol. The van der Waals surface area contributed by atoms with Gasteiger partial charge in [0.1, 0.15) is 11.2 Å². The summed E-state index contributed by atoms with van der Waals surface area (Å²) in [4.78, 5) is 30.3. The topological polar surface area (TPSA) is 95.4 Å². The van der Waals surface area contributed by atoms with Gasteiger partial charge in [-0.15, -0.1) is 0 Å². The molecule has 4 aromatic heterocycles. The molecule has 0 aliphatic heterocycles. The molecule has 0 bridgehead atoms. The van der Waals surface area contributed by atoms with Gasteiger partial charge in [0.25, 0.3) is 0 Å². The van der Waals surface area contributed by atoms with Crippen molar-refractivity contribution in [2.75, 3.05) is 0 Å². The number of hydrogen-bond acceptors (Lipinski definition) is 7. The lowest BCUT2D eigenvalue weighted by atomic mass is 10.0. The molecule has 8 nitrogen and oxygen atoms in total. The first-order chi connectivity index (χ1) is 30.7. The molecule has 12 rings (SSSR count). The van der Waals surface area contributed by atoms with Crippen molar-refractivity contribution in [1.82, 2.24) is 34.5 Å². The van der Waals surface area contributed by atoms with Gasteiger partial charge in [-0.2, -0.15) is 0 Å². The second kappa shape index (κ2) is 14.6. The first-order valence-electron chi connectivity index (χ1n) is 20.5. The Labute approximate surface area is 355 Å². The molecule has 0 atom stereocenters. The number of fused-ring (bicyclic) bond motifs is 6. The van der Waals surface area contributed by atoms with Crippen LogP contribution in [0.1, 0.15) is 0 Å². The number of benzene rings is 8. The lowest BCUT2D eigenvalue weighted by molar-refractivity contribution is 0.669. The minimum Gasteiger partial charge on any atom is -0.456 e. The number of para-hydroxylation sites is 2. The molecule has 0 saturated heterocycles. The van der Waals surface area contributed by atoms with Crippen molar-refractivity contribution in [3.63, 3.8) is 0 Å². The van der Waals surface area contributed by atoms with Crippen molar-refractivity contribution >= 4 is 43.7 Å². The summed E-state index contributed by atoms with van der Waals surface area (Å²) in [6.07, 6.45) is 0. The van der Waals surface area contributed by atoms with E-state index in [1.165, 1.54) is 10.8 Å². The normalized spacial score (nSPS) is 11.5. The zero-order chi connectivity index (χ0) is 41.0. The van der Waals surface area contributed by atoms with Gasteiger partial charge in [-0.3, -0.25) is 0 Å². The van der Waals surface area contributed by atoms with Gasteiger partial charge in [-0.05, 0) is 60.7 Å². The van der Waals surface area contributed by atoms with Crippen LogP contribution in [0.5, 0.6) is 0 Å². The van der Waals surface area contributed by atoms with Crippen LogP contribution in [0.25, 0.3) is 118 Å². The van der Waals surface area contributed by atoms with Crippen molar-refractivity contribution in [2.24, 2.45) is 0 Å². The van der Waals surface area contributed by atoms with Crippen LogP contribution in [-0.4, -0.2) is 34.5 Å². The second-order valence-electron chi connectivity index (χ2n) is 15.1. The molecule has 12 aromatic rings. The summed E-state index contributed by atoms with van der Waals surface area (Å²) in [6.45, 7) is 0. The Hall–Kier alpha value is -8.62. The zero-order valence-electron chi connectivity index (χ0n) is 33.1. The summed E-state index contributed by atoms with van der Waals surface area (Å²) in [7, 11) is 0. The number of rotatable bonds is 7. The first-order valence-corrected chi connectivity index (χ1v) is 20.5. The fourth-order valence-corrected chi connectivity index (χ4v) is 8.39. The van der Waals surface area contributed by atoms with Gasteiger partial charge in [-0.1, -0.05) is 140 Å². The number of nitrogens with zero attached hydrogens (tertiary/aromatic N) is 7. The largest absolute Gasteiger partial charge is 0.456 e. The van der Waals surface area contributed by atoms with E-state index >= 15 is 0 Å². The van der Waals surface area contributed by atoms with E-state index in [-0.39, 0.29) is 0 Å². The Bertz CT molecular complexity index is 3510. The van der Waals surface area contributed by atoms with Gasteiger partial charge in [0, 0.05) is 60.6 Å². The molecule has 0 spiro atoms. The summed E-state index contributed by atoms with van der Waals surface area (Å²) < 4.78 is 8.80. The molecule has 0 fully saturated rings. The van der Waals surface area contributed by atoms with Gasteiger partial charge in [0.2, 0.25) is 0 Å². The maximum absolute atomic E-state index is 6.49. The molecular weight excluding hydrogens is 763 g/mol. The lowest BCUT2D eigenvalue weighted by Crippen LogP contribution is -2.01. The fraction of sp³-hybridized carbons (Fsp3) is 0. The Balaban J connectivity index is 1.00. The highest BCUT2D eigenvalue weighted by Gasteiger charge is 2.20. The molecular formula is C54H33N7O. The molecule has 8 aromatic carbocycles. The summed E-state index contributed by atoms with van der Waals surface area (Å²) in [5, 5.41) is 4.23. The Morgan fingerprint density at radius 1 is 0.306 bits per heavy atom. The molecule has 0 amide bonds. The molecule has 0 saturated carbocycles. The fourth-order valence-electron chi connectivity index (χ4n) is 8.39. The standard InChI is InChI=1S/C54H33N7O/c1-4-15-34(16-5-1)49-55-52(37-27-30-39(31-28-37)61-44-24-12-10-21-40(44)41-22-11-13-25-45(41)61)58-53(57-49)38-29-32-46-43(33-38)48-42(23-14-26-47(48)62-46)54-59-50(35-17-6-2-7-18-35)56-51(60-54)36-19-8-3-9-20-36/h1-33H. The third kappa shape index (κ3) is 6.09. The maximum Gasteiger partial charge on any atom is 0.164 e. The maximum atomic E-state index is 6.49. The molecule has 0 N–H and O–H groups in total. The van der Waals surface area contributed by atoms with Gasteiger partial charge < -0.3 is 8.98 Å². The quantitative estimate of drug-likeness (QED) is 0.158. The molecule has 62 heavy (non-hydrogen) atoms. The van der Waals surface area contributed by atoms with Crippen molar-refractivity contribution in [3.8, 4) is 74.0 Å². The highest BCUT2D eigenvalue weighted by atomic mass is 16.3. The van der Waals surface area contributed by atoms with Crippen LogP contribution in [-0.2, 0) is 0 Å². The van der Waals surface area contributed by atoms with Crippen LogP contribution >= 0.6 is 0 Å². The molecule has 4 heterocycles. The van der Waals surface area contributed by atoms with Gasteiger partial charge in [0.05, 0.1) is 11.0 Å².